The lowest BCUT2D eigenvalue weighted by molar-refractivity contribution is -0.134. The molecule has 0 saturated carbocycles. The molecular weight excluding hydrogens is 264 g/mol. The Balaban J connectivity index is 0.000000796. The van der Waals surface area contributed by atoms with Crippen molar-refractivity contribution in [3.05, 3.63) is 0 Å². The van der Waals surface area contributed by atoms with E-state index < -0.39 is 23.7 Å². The number of rotatable bonds is 1. The van der Waals surface area contributed by atoms with Gasteiger partial charge in [0.1, 0.15) is 11.6 Å². The van der Waals surface area contributed by atoms with Crippen molar-refractivity contribution in [2.24, 2.45) is 0 Å². The van der Waals surface area contributed by atoms with Gasteiger partial charge in [-0.1, -0.05) is 0 Å². The van der Waals surface area contributed by atoms with E-state index in [1.165, 1.54) is 0 Å². The van der Waals surface area contributed by atoms with Crippen molar-refractivity contribution in [3.8, 4) is 0 Å². The molecule has 0 aliphatic carbocycles. The van der Waals surface area contributed by atoms with E-state index in [0.29, 0.717) is 13.0 Å². The van der Waals surface area contributed by atoms with Crippen molar-refractivity contribution in [1.82, 2.24) is 10.6 Å². The second-order valence-corrected chi connectivity index (χ2v) is 5.50. The number of aliphatic carboxylic acids is 1. The molecule has 7 heteroatoms. The van der Waals surface area contributed by atoms with Crippen LogP contribution in [-0.4, -0.2) is 41.3 Å². The van der Waals surface area contributed by atoms with Crippen LogP contribution in [-0.2, 0) is 14.3 Å². The average molecular weight is 288 g/mol. The van der Waals surface area contributed by atoms with E-state index in [1.807, 2.05) is 0 Å². The van der Waals surface area contributed by atoms with Crippen LogP contribution >= 0.6 is 0 Å². The van der Waals surface area contributed by atoms with Gasteiger partial charge in [0, 0.05) is 13.5 Å². The Kier molecular flexibility index (Phi) is 7.64. The van der Waals surface area contributed by atoms with E-state index in [9.17, 15) is 9.59 Å². The number of amides is 2. The van der Waals surface area contributed by atoms with Crippen molar-refractivity contribution >= 4 is 18.0 Å². The van der Waals surface area contributed by atoms with Crippen molar-refractivity contribution in [3.63, 3.8) is 0 Å². The van der Waals surface area contributed by atoms with Gasteiger partial charge in [0.05, 0.1) is 0 Å². The molecule has 1 aliphatic rings. The van der Waals surface area contributed by atoms with E-state index in [0.717, 1.165) is 19.8 Å². The third-order valence-corrected chi connectivity index (χ3v) is 2.23. The van der Waals surface area contributed by atoms with E-state index in [4.69, 9.17) is 14.6 Å². The zero-order chi connectivity index (χ0) is 15.8. The largest absolute Gasteiger partial charge is 0.481 e. The van der Waals surface area contributed by atoms with Crippen LogP contribution in [0.3, 0.4) is 0 Å². The minimum Gasteiger partial charge on any atom is -0.481 e. The highest BCUT2D eigenvalue weighted by atomic mass is 16.6. The highest BCUT2D eigenvalue weighted by Gasteiger charge is 2.25. The highest BCUT2D eigenvalue weighted by molar-refractivity contribution is 5.85. The quantitative estimate of drug-likeness (QED) is 0.674. The van der Waals surface area contributed by atoms with Gasteiger partial charge in [-0.2, -0.15) is 0 Å². The van der Waals surface area contributed by atoms with Gasteiger partial charge in [0.15, 0.2) is 0 Å². The van der Waals surface area contributed by atoms with Crippen LogP contribution in [0.4, 0.5) is 4.79 Å². The van der Waals surface area contributed by atoms with E-state index in [-0.39, 0.29) is 5.91 Å². The first-order chi connectivity index (χ1) is 9.11. The van der Waals surface area contributed by atoms with Crippen molar-refractivity contribution in [2.45, 2.75) is 58.6 Å². The highest BCUT2D eigenvalue weighted by Crippen LogP contribution is 2.09. The molecule has 0 spiro atoms. The van der Waals surface area contributed by atoms with Gasteiger partial charge in [-0.25, -0.2) is 4.79 Å². The summed E-state index contributed by atoms with van der Waals surface area (Å²) in [6.07, 6.45) is 2.03. The van der Waals surface area contributed by atoms with Crippen molar-refractivity contribution < 1.29 is 24.2 Å². The maximum atomic E-state index is 11.5. The second kappa shape index (κ2) is 8.39. The number of hydrogen-bond donors (Lipinski definition) is 3. The summed E-state index contributed by atoms with van der Waals surface area (Å²) in [4.78, 5) is 32.0. The molecule has 0 aromatic rings. The Morgan fingerprint density at radius 1 is 1.35 bits per heavy atom. The molecule has 7 nitrogen and oxygen atoms in total. The molecule has 116 valence electrons. The molecule has 1 saturated heterocycles. The number of hydrogen-bond acceptors (Lipinski definition) is 4. The lowest BCUT2D eigenvalue weighted by Gasteiger charge is -2.22. The molecule has 0 bridgehead atoms. The summed E-state index contributed by atoms with van der Waals surface area (Å²) in [7, 11) is 0. The standard InChI is InChI=1S/C11H20N2O3.C2H4O2/c1-11(2,3)16-10(15)13-8-6-4-5-7-12-9(8)14;1-2(3)4/h8H,4-7H2,1-3H3,(H,12,14)(H,13,15);1H3,(H,3,4). The smallest absolute Gasteiger partial charge is 0.408 e. The summed E-state index contributed by atoms with van der Waals surface area (Å²) in [5.41, 5.74) is -0.536. The summed E-state index contributed by atoms with van der Waals surface area (Å²) in [6.45, 7) is 7.14. The van der Waals surface area contributed by atoms with Crippen LogP contribution in [0.25, 0.3) is 0 Å². The van der Waals surface area contributed by atoms with Gasteiger partial charge in [0.25, 0.3) is 5.97 Å². The molecule has 20 heavy (non-hydrogen) atoms. The molecule has 3 N–H and O–H groups in total. The van der Waals surface area contributed by atoms with E-state index >= 15 is 0 Å². The molecule has 1 fully saturated rings. The fourth-order valence-corrected chi connectivity index (χ4v) is 1.53. The molecule has 1 heterocycles. The minimum atomic E-state index is -0.833. The SMILES string of the molecule is CC(=O)O.CC(C)(C)OC(=O)NC1CCCCNC1=O. The Morgan fingerprint density at radius 2 is 1.90 bits per heavy atom. The van der Waals surface area contributed by atoms with Crippen LogP contribution in [0.5, 0.6) is 0 Å². The first-order valence-corrected chi connectivity index (χ1v) is 6.58. The lowest BCUT2D eigenvalue weighted by Crippen LogP contribution is -2.47. The third kappa shape index (κ3) is 10.2. The number of alkyl carbamates (subject to hydrolysis) is 1. The molecule has 2 amide bonds. The Bertz CT molecular complexity index is 345. The normalized spacial score (nSPS) is 18.8. The number of carboxylic acids is 1. The molecule has 0 radical (unpaired) electrons. The number of carbonyl (C=O) groups excluding carboxylic acids is 2. The Hall–Kier alpha value is -1.79. The van der Waals surface area contributed by atoms with E-state index in [1.54, 1.807) is 20.8 Å². The minimum absolute atomic E-state index is 0.122. The van der Waals surface area contributed by atoms with Gasteiger partial charge >= 0.3 is 6.09 Å². The number of carboxylic acid groups (broad SMARTS) is 1. The van der Waals surface area contributed by atoms with E-state index in [2.05, 4.69) is 10.6 Å². The summed E-state index contributed by atoms with van der Waals surface area (Å²) < 4.78 is 5.10. The van der Waals surface area contributed by atoms with Gasteiger partial charge in [-0.3, -0.25) is 9.59 Å². The first-order valence-electron chi connectivity index (χ1n) is 6.58. The number of ether oxygens (including phenoxy) is 1. The van der Waals surface area contributed by atoms with Gasteiger partial charge in [-0.15, -0.1) is 0 Å². The van der Waals surface area contributed by atoms with Crippen LogP contribution < -0.4 is 10.6 Å². The lowest BCUT2D eigenvalue weighted by atomic mass is 10.1. The van der Waals surface area contributed by atoms with Gasteiger partial charge < -0.3 is 20.5 Å². The summed E-state index contributed by atoms with van der Waals surface area (Å²) in [6, 6.07) is -0.461. The topological polar surface area (TPSA) is 105 Å². The Labute approximate surface area is 119 Å². The predicted molar refractivity (Wildman–Crippen MR) is 73.3 cm³/mol. The van der Waals surface area contributed by atoms with Crippen LogP contribution in [0.1, 0.15) is 47.0 Å². The van der Waals surface area contributed by atoms with Crippen molar-refractivity contribution in [2.75, 3.05) is 6.54 Å². The van der Waals surface area contributed by atoms with Gasteiger partial charge in [0.2, 0.25) is 5.91 Å². The fraction of sp³-hybridized carbons (Fsp3) is 0.769. The Morgan fingerprint density at radius 3 is 2.40 bits per heavy atom. The van der Waals surface area contributed by atoms with Crippen LogP contribution in [0.15, 0.2) is 0 Å². The number of carbonyl (C=O) groups is 3. The van der Waals surface area contributed by atoms with Gasteiger partial charge in [-0.05, 0) is 40.0 Å². The molecule has 1 aliphatic heterocycles. The number of nitrogens with one attached hydrogen (secondary N) is 2. The fourth-order valence-electron chi connectivity index (χ4n) is 1.53. The van der Waals surface area contributed by atoms with Crippen LogP contribution in [0, 0.1) is 0 Å². The monoisotopic (exact) mass is 288 g/mol. The summed E-state index contributed by atoms with van der Waals surface area (Å²) in [5.74, 6) is -0.955. The molecule has 1 unspecified atom stereocenters. The maximum Gasteiger partial charge on any atom is 0.408 e. The predicted octanol–water partition coefficient (Wildman–Crippen LogP) is 1.27. The molecular formula is C13H24N2O5. The third-order valence-electron chi connectivity index (χ3n) is 2.23. The molecule has 1 rings (SSSR count). The average Bonchev–Trinajstić information content (AvgIpc) is 2.40. The van der Waals surface area contributed by atoms with Crippen LogP contribution in [0.2, 0.25) is 0 Å². The summed E-state index contributed by atoms with van der Waals surface area (Å²) >= 11 is 0. The first kappa shape index (κ1) is 18.2. The second-order valence-electron chi connectivity index (χ2n) is 5.50. The molecule has 0 aromatic carbocycles. The van der Waals surface area contributed by atoms with Crippen molar-refractivity contribution in [1.29, 1.82) is 0 Å². The summed E-state index contributed by atoms with van der Waals surface area (Å²) in [5, 5.41) is 12.8. The molecule has 1 atom stereocenters. The zero-order valence-corrected chi connectivity index (χ0v) is 12.5. The maximum absolute atomic E-state index is 11.5. The molecule has 0 aromatic heterocycles. The zero-order valence-electron chi connectivity index (χ0n) is 12.5.